The van der Waals surface area contributed by atoms with Crippen molar-refractivity contribution >= 4 is 12.0 Å². The Bertz CT molecular complexity index is 440. The van der Waals surface area contributed by atoms with Gasteiger partial charge in [0.1, 0.15) is 0 Å². The molecule has 0 N–H and O–H groups in total. The minimum Gasteiger partial charge on any atom is -0.449 e. The first-order valence-corrected chi connectivity index (χ1v) is 9.28. The molecule has 2 aliphatic carbocycles. The average molecular weight is 322 g/mol. The third-order valence-electron chi connectivity index (χ3n) is 5.55. The van der Waals surface area contributed by atoms with Crippen molar-refractivity contribution in [1.29, 1.82) is 0 Å². The zero-order chi connectivity index (χ0) is 16.4. The van der Waals surface area contributed by atoms with E-state index in [2.05, 4.69) is 0 Å². The molecule has 130 valence electrons. The van der Waals surface area contributed by atoms with Gasteiger partial charge in [-0.05, 0) is 37.0 Å². The fraction of sp³-hybridized carbons (Fsp3) is 0.889. The molecule has 1 unspecified atom stereocenters. The number of carbonyl (C=O) groups is 2. The monoisotopic (exact) mass is 322 g/mol. The number of rotatable bonds is 3. The van der Waals surface area contributed by atoms with Gasteiger partial charge in [-0.2, -0.15) is 0 Å². The number of nitrogens with zero attached hydrogens (tertiary/aromatic N) is 2. The Morgan fingerprint density at radius 2 is 1.57 bits per heavy atom. The largest absolute Gasteiger partial charge is 0.449 e. The summed E-state index contributed by atoms with van der Waals surface area (Å²) in [4.78, 5) is 28.6. The zero-order valence-electron chi connectivity index (χ0n) is 14.5. The quantitative estimate of drug-likeness (QED) is 0.803. The first-order valence-electron chi connectivity index (χ1n) is 9.28. The first kappa shape index (κ1) is 16.6. The number of fused-ring (bicyclic) bond motifs is 1. The molecule has 23 heavy (non-hydrogen) atoms. The summed E-state index contributed by atoms with van der Waals surface area (Å²) in [5.41, 5.74) is 0. The summed E-state index contributed by atoms with van der Waals surface area (Å²) in [7, 11) is 0. The van der Waals surface area contributed by atoms with Crippen LogP contribution in [0.4, 0.5) is 4.79 Å². The summed E-state index contributed by atoms with van der Waals surface area (Å²) < 4.78 is 5.31. The minimum absolute atomic E-state index is 0.229. The van der Waals surface area contributed by atoms with Crippen molar-refractivity contribution in [2.75, 3.05) is 32.8 Å². The average Bonchev–Trinajstić information content (AvgIpc) is 3.30. The molecule has 2 amide bonds. The van der Waals surface area contributed by atoms with Crippen LogP contribution < -0.4 is 0 Å². The standard InChI is InChI=1S/C18H30N2O3/c1-13(2)12-23-18(22)20-9-5-8-19(10-11-20)17(21)16-14-6-3-4-7-15(14)16/h13-16H,3-12H2,1-2H3/t14-,15+,16?. The van der Waals surface area contributed by atoms with Gasteiger partial charge in [-0.1, -0.05) is 26.7 Å². The maximum atomic E-state index is 12.8. The smallest absolute Gasteiger partial charge is 0.409 e. The summed E-state index contributed by atoms with van der Waals surface area (Å²) in [6.45, 7) is 7.26. The van der Waals surface area contributed by atoms with Crippen LogP contribution in [0, 0.1) is 23.7 Å². The molecule has 5 nitrogen and oxygen atoms in total. The second-order valence-electron chi connectivity index (χ2n) is 7.77. The molecule has 0 radical (unpaired) electrons. The predicted octanol–water partition coefficient (Wildman–Crippen LogP) is 2.75. The number of hydrogen-bond acceptors (Lipinski definition) is 3. The molecule has 1 aliphatic heterocycles. The van der Waals surface area contributed by atoms with Crippen molar-refractivity contribution in [3.05, 3.63) is 0 Å². The molecule has 1 saturated heterocycles. The normalized spacial score (nSPS) is 30.7. The van der Waals surface area contributed by atoms with Gasteiger partial charge in [0.15, 0.2) is 0 Å². The van der Waals surface area contributed by atoms with E-state index in [1.54, 1.807) is 4.90 Å². The highest BCUT2D eigenvalue weighted by atomic mass is 16.6. The summed E-state index contributed by atoms with van der Waals surface area (Å²) in [6, 6.07) is 0. The van der Waals surface area contributed by atoms with E-state index in [4.69, 9.17) is 4.74 Å². The fourth-order valence-corrected chi connectivity index (χ4v) is 4.22. The Morgan fingerprint density at radius 1 is 0.957 bits per heavy atom. The van der Waals surface area contributed by atoms with Crippen molar-refractivity contribution < 1.29 is 14.3 Å². The lowest BCUT2D eigenvalue weighted by Crippen LogP contribution is -2.38. The van der Waals surface area contributed by atoms with Crippen LogP contribution in [0.25, 0.3) is 0 Å². The fourth-order valence-electron chi connectivity index (χ4n) is 4.22. The number of ether oxygens (including phenoxy) is 1. The van der Waals surface area contributed by atoms with Crippen LogP contribution in [0.3, 0.4) is 0 Å². The van der Waals surface area contributed by atoms with Crippen LogP contribution in [0.1, 0.15) is 46.0 Å². The van der Waals surface area contributed by atoms with Gasteiger partial charge in [-0.3, -0.25) is 4.79 Å². The van der Waals surface area contributed by atoms with Crippen LogP contribution in [0.5, 0.6) is 0 Å². The van der Waals surface area contributed by atoms with E-state index in [-0.39, 0.29) is 12.0 Å². The lowest BCUT2D eigenvalue weighted by atomic mass is 10.0. The molecule has 0 aromatic rings. The molecule has 0 aromatic carbocycles. The van der Waals surface area contributed by atoms with E-state index in [9.17, 15) is 9.59 Å². The molecule has 0 aromatic heterocycles. The molecule has 5 heteroatoms. The Morgan fingerprint density at radius 3 is 2.22 bits per heavy atom. The minimum atomic E-state index is -0.229. The second kappa shape index (κ2) is 7.10. The zero-order valence-corrected chi connectivity index (χ0v) is 14.5. The SMILES string of the molecule is CC(C)COC(=O)N1CCCN(C(=O)C2[C@H]3CCCC[C@@H]23)CC1. The maximum absolute atomic E-state index is 12.8. The molecular weight excluding hydrogens is 292 g/mol. The molecule has 3 aliphatic rings. The van der Waals surface area contributed by atoms with Gasteiger partial charge in [0, 0.05) is 32.1 Å². The highest BCUT2D eigenvalue weighted by Crippen LogP contribution is 2.56. The summed E-state index contributed by atoms with van der Waals surface area (Å²) >= 11 is 0. The van der Waals surface area contributed by atoms with Crippen LogP contribution in [-0.4, -0.2) is 54.6 Å². The van der Waals surface area contributed by atoms with Gasteiger partial charge < -0.3 is 14.5 Å². The molecular formula is C18H30N2O3. The Kier molecular flexibility index (Phi) is 5.12. The van der Waals surface area contributed by atoms with E-state index in [1.165, 1.54) is 25.7 Å². The second-order valence-corrected chi connectivity index (χ2v) is 7.77. The van der Waals surface area contributed by atoms with Crippen LogP contribution in [0.15, 0.2) is 0 Å². The highest BCUT2D eigenvalue weighted by molar-refractivity contribution is 5.82. The van der Waals surface area contributed by atoms with Gasteiger partial charge >= 0.3 is 6.09 Å². The van der Waals surface area contributed by atoms with E-state index < -0.39 is 0 Å². The Hall–Kier alpha value is -1.26. The van der Waals surface area contributed by atoms with Gasteiger partial charge in [0.2, 0.25) is 5.91 Å². The molecule has 1 heterocycles. The van der Waals surface area contributed by atoms with Crippen LogP contribution in [-0.2, 0) is 9.53 Å². The van der Waals surface area contributed by atoms with Gasteiger partial charge in [0.05, 0.1) is 6.61 Å². The van der Waals surface area contributed by atoms with Crippen LogP contribution in [0.2, 0.25) is 0 Å². The molecule has 0 bridgehead atoms. The van der Waals surface area contributed by atoms with Gasteiger partial charge in [-0.25, -0.2) is 4.79 Å². The number of carbonyl (C=O) groups excluding carboxylic acids is 2. The number of hydrogen-bond donors (Lipinski definition) is 0. The third-order valence-corrected chi connectivity index (χ3v) is 5.55. The summed E-state index contributed by atoms with van der Waals surface area (Å²) in [6.07, 6.45) is 5.68. The van der Waals surface area contributed by atoms with Crippen LogP contribution >= 0.6 is 0 Å². The van der Waals surface area contributed by atoms with E-state index in [1.807, 2.05) is 18.7 Å². The molecule has 3 rings (SSSR count). The van der Waals surface area contributed by atoms with Crippen molar-refractivity contribution in [1.82, 2.24) is 9.80 Å². The van der Waals surface area contributed by atoms with E-state index in [0.29, 0.717) is 49.9 Å². The van der Waals surface area contributed by atoms with E-state index >= 15 is 0 Å². The molecule has 2 saturated carbocycles. The predicted molar refractivity (Wildman–Crippen MR) is 87.9 cm³/mol. The molecule has 3 fully saturated rings. The summed E-state index contributed by atoms with van der Waals surface area (Å²) in [5.74, 6) is 2.30. The van der Waals surface area contributed by atoms with Crippen molar-refractivity contribution in [2.24, 2.45) is 23.7 Å². The highest BCUT2D eigenvalue weighted by Gasteiger charge is 2.55. The maximum Gasteiger partial charge on any atom is 0.409 e. The van der Waals surface area contributed by atoms with Crippen molar-refractivity contribution in [2.45, 2.75) is 46.0 Å². The number of amides is 2. The third kappa shape index (κ3) is 3.81. The van der Waals surface area contributed by atoms with Crippen molar-refractivity contribution in [3.8, 4) is 0 Å². The van der Waals surface area contributed by atoms with Crippen molar-refractivity contribution in [3.63, 3.8) is 0 Å². The molecule has 3 atom stereocenters. The summed E-state index contributed by atoms with van der Waals surface area (Å²) in [5, 5.41) is 0. The lowest BCUT2D eigenvalue weighted by Gasteiger charge is -2.22. The first-order chi connectivity index (χ1) is 11.1. The van der Waals surface area contributed by atoms with Gasteiger partial charge in [-0.15, -0.1) is 0 Å². The van der Waals surface area contributed by atoms with E-state index in [0.717, 1.165) is 13.0 Å². The Balaban J connectivity index is 1.48. The van der Waals surface area contributed by atoms with Gasteiger partial charge in [0.25, 0.3) is 0 Å². The molecule has 0 spiro atoms. The topological polar surface area (TPSA) is 49.9 Å². The Labute approximate surface area is 139 Å². The lowest BCUT2D eigenvalue weighted by molar-refractivity contribution is -0.133.